The van der Waals surface area contributed by atoms with Gasteiger partial charge in [0.2, 0.25) is 5.88 Å². The molecule has 20 heavy (non-hydrogen) atoms. The molecule has 6 heteroatoms. The third kappa shape index (κ3) is 2.85. The van der Waals surface area contributed by atoms with E-state index in [4.69, 9.17) is 4.74 Å². The minimum atomic E-state index is -0.972. The molecule has 1 aliphatic rings. The monoisotopic (exact) mass is 297 g/mol. The number of rotatable bonds is 5. The lowest BCUT2D eigenvalue weighted by Gasteiger charge is -2.39. The lowest BCUT2D eigenvalue weighted by molar-refractivity contribution is -0.159. The lowest BCUT2D eigenvalue weighted by Crippen LogP contribution is -2.47. The molecule has 2 atom stereocenters. The average molecular weight is 297 g/mol. The first-order valence-corrected chi connectivity index (χ1v) is 7.56. The summed E-state index contributed by atoms with van der Waals surface area (Å²) in [6, 6.07) is 1.80. The van der Waals surface area contributed by atoms with Gasteiger partial charge >= 0.3 is 5.97 Å². The maximum Gasteiger partial charge on any atom is 0.313 e. The molecule has 1 aliphatic carbocycles. The summed E-state index contributed by atoms with van der Waals surface area (Å²) in [4.78, 5) is 24.4. The van der Waals surface area contributed by atoms with Gasteiger partial charge in [-0.05, 0) is 30.8 Å². The van der Waals surface area contributed by atoms with E-state index in [2.05, 4.69) is 4.37 Å². The summed E-state index contributed by atoms with van der Waals surface area (Å²) in [5, 5.41) is 9.65. The quantitative estimate of drug-likeness (QED) is 0.904. The Bertz CT molecular complexity index is 513. The maximum atomic E-state index is 11.8. The van der Waals surface area contributed by atoms with Gasteiger partial charge in [-0.15, -0.1) is 0 Å². The molecule has 5 nitrogen and oxygen atoms in total. The van der Waals surface area contributed by atoms with Gasteiger partial charge in [0.05, 0.1) is 0 Å². The van der Waals surface area contributed by atoms with Crippen molar-refractivity contribution in [1.29, 1.82) is 0 Å². The Kier molecular flexibility index (Phi) is 4.42. The summed E-state index contributed by atoms with van der Waals surface area (Å²) in [6.45, 7) is 3.93. The van der Waals surface area contributed by atoms with Gasteiger partial charge in [0.1, 0.15) is 17.8 Å². The number of hydrogen-bond donors (Lipinski definition) is 1. The molecule has 0 spiro atoms. The number of hydrogen-bond acceptors (Lipinski definition) is 5. The zero-order chi connectivity index (χ0) is 14.8. The fraction of sp³-hybridized carbons (Fsp3) is 0.643. The minimum absolute atomic E-state index is 0.0806. The van der Waals surface area contributed by atoms with Crippen LogP contribution in [0.25, 0.3) is 0 Å². The van der Waals surface area contributed by atoms with Crippen LogP contribution in [0.1, 0.15) is 37.5 Å². The van der Waals surface area contributed by atoms with E-state index in [1.165, 1.54) is 11.5 Å². The summed E-state index contributed by atoms with van der Waals surface area (Å²) >= 11 is 1.33. The summed E-state index contributed by atoms with van der Waals surface area (Å²) in [5.41, 5.74) is -0.972. The number of carboxylic acids is 1. The molecule has 0 saturated heterocycles. The number of ether oxygens (including phenoxy) is 1. The predicted molar refractivity (Wildman–Crippen MR) is 75.1 cm³/mol. The van der Waals surface area contributed by atoms with Crippen LogP contribution in [0.15, 0.2) is 6.07 Å². The normalized spacial score (nSPS) is 26.5. The van der Waals surface area contributed by atoms with E-state index >= 15 is 0 Å². The Balaban J connectivity index is 2.16. The first kappa shape index (κ1) is 15.0. The molecule has 1 aromatic heterocycles. The highest BCUT2D eigenvalue weighted by Crippen LogP contribution is 2.42. The van der Waals surface area contributed by atoms with Gasteiger partial charge in [-0.3, -0.25) is 9.59 Å². The fourth-order valence-electron chi connectivity index (χ4n) is 2.82. The highest BCUT2D eigenvalue weighted by Gasteiger charge is 2.49. The highest BCUT2D eigenvalue weighted by atomic mass is 32.1. The van der Waals surface area contributed by atoms with Crippen LogP contribution in [0.3, 0.4) is 0 Å². The number of nitrogens with zero attached hydrogens (tertiary/aromatic N) is 1. The summed E-state index contributed by atoms with van der Waals surface area (Å²) < 4.78 is 9.72. The summed E-state index contributed by atoms with van der Waals surface area (Å²) in [5.74, 6) is -0.414. The van der Waals surface area contributed by atoms with Crippen LogP contribution in [0.2, 0.25) is 0 Å². The number of carbonyl (C=O) groups excluding carboxylic acids is 1. The second-order valence-corrected chi connectivity index (χ2v) is 6.38. The molecule has 0 aliphatic heterocycles. The van der Waals surface area contributed by atoms with E-state index in [-0.39, 0.29) is 18.3 Å². The Morgan fingerprint density at radius 2 is 2.40 bits per heavy atom. The van der Waals surface area contributed by atoms with E-state index in [0.717, 1.165) is 4.88 Å². The number of carboxylic acid groups (broad SMARTS) is 1. The summed E-state index contributed by atoms with van der Waals surface area (Å²) in [7, 11) is 0. The van der Waals surface area contributed by atoms with Gasteiger partial charge in [-0.1, -0.05) is 13.3 Å². The zero-order valence-electron chi connectivity index (χ0n) is 11.7. The third-order valence-electron chi connectivity index (χ3n) is 4.11. The summed E-state index contributed by atoms with van der Waals surface area (Å²) in [6.07, 6.45) is 1.67. The minimum Gasteiger partial charge on any atom is -0.481 e. The highest BCUT2D eigenvalue weighted by molar-refractivity contribution is 7.05. The Hall–Kier alpha value is -1.43. The molecule has 110 valence electrons. The lowest BCUT2D eigenvalue weighted by atomic mass is 9.65. The molecule has 1 aromatic rings. The Labute approximate surface area is 122 Å². The molecule has 1 heterocycles. The molecule has 2 unspecified atom stereocenters. The first-order chi connectivity index (χ1) is 9.48. The van der Waals surface area contributed by atoms with Crippen LogP contribution < -0.4 is 4.74 Å². The number of aromatic nitrogens is 1. The second-order valence-electron chi connectivity index (χ2n) is 5.37. The van der Waals surface area contributed by atoms with E-state index in [9.17, 15) is 14.7 Å². The number of aryl methyl sites for hydroxylation is 1. The van der Waals surface area contributed by atoms with Gasteiger partial charge in [0, 0.05) is 23.8 Å². The first-order valence-electron chi connectivity index (χ1n) is 6.79. The standard InChI is InChI=1S/C14H19NO4S/c1-3-10-7-11(16)4-5-14(10,13(17)18)8-19-12-6-9(2)20-15-12/h6,10H,3-5,7-8H2,1-2H3,(H,17,18). The van der Waals surface area contributed by atoms with Gasteiger partial charge in [-0.25, -0.2) is 0 Å². The zero-order valence-corrected chi connectivity index (χ0v) is 12.5. The van der Waals surface area contributed by atoms with Gasteiger partial charge in [-0.2, -0.15) is 4.37 Å². The van der Waals surface area contributed by atoms with E-state index in [0.29, 0.717) is 31.6 Å². The van der Waals surface area contributed by atoms with Crippen molar-refractivity contribution in [3.63, 3.8) is 0 Å². The molecule has 0 amide bonds. The van der Waals surface area contributed by atoms with E-state index < -0.39 is 11.4 Å². The van der Waals surface area contributed by atoms with Crippen molar-refractivity contribution in [2.45, 2.75) is 39.5 Å². The van der Waals surface area contributed by atoms with Crippen molar-refractivity contribution in [3.8, 4) is 5.88 Å². The number of ketones is 1. The molecule has 0 aromatic carbocycles. The SMILES string of the molecule is CCC1CC(=O)CCC1(COc1cc(C)sn1)C(=O)O. The van der Waals surface area contributed by atoms with Crippen LogP contribution in [0.4, 0.5) is 0 Å². The van der Waals surface area contributed by atoms with Crippen LogP contribution in [0.5, 0.6) is 5.88 Å². The molecular formula is C14H19NO4S. The van der Waals surface area contributed by atoms with Crippen molar-refractivity contribution in [3.05, 3.63) is 10.9 Å². The topological polar surface area (TPSA) is 76.5 Å². The number of aliphatic carboxylic acids is 1. The molecule has 0 bridgehead atoms. The van der Waals surface area contributed by atoms with Crippen LogP contribution in [0, 0.1) is 18.3 Å². The number of carbonyl (C=O) groups is 2. The van der Waals surface area contributed by atoms with E-state index in [1.807, 2.05) is 13.8 Å². The molecule has 1 N–H and O–H groups in total. The van der Waals surface area contributed by atoms with Crippen molar-refractivity contribution in [2.24, 2.45) is 11.3 Å². The molecule has 2 rings (SSSR count). The Morgan fingerprint density at radius 3 is 2.95 bits per heavy atom. The maximum absolute atomic E-state index is 11.8. The van der Waals surface area contributed by atoms with Crippen LogP contribution in [-0.2, 0) is 9.59 Å². The Morgan fingerprint density at radius 1 is 1.65 bits per heavy atom. The van der Waals surface area contributed by atoms with Crippen molar-refractivity contribution < 1.29 is 19.4 Å². The fourth-order valence-corrected chi connectivity index (χ4v) is 3.31. The third-order valence-corrected chi connectivity index (χ3v) is 4.79. The molecular weight excluding hydrogens is 278 g/mol. The van der Waals surface area contributed by atoms with Crippen LogP contribution >= 0.6 is 11.5 Å². The van der Waals surface area contributed by atoms with Crippen molar-refractivity contribution >= 4 is 23.3 Å². The van der Waals surface area contributed by atoms with Gasteiger partial charge in [0.25, 0.3) is 0 Å². The molecule has 0 radical (unpaired) electrons. The molecule has 1 fully saturated rings. The van der Waals surface area contributed by atoms with Crippen molar-refractivity contribution in [1.82, 2.24) is 4.37 Å². The second kappa shape index (κ2) is 5.91. The number of Topliss-reactive ketones (excluding diaryl/α,β-unsaturated/α-hetero) is 1. The van der Waals surface area contributed by atoms with E-state index in [1.54, 1.807) is 6.07 Å². The predicted octanol–water partition coefficient (Wildman–Crippen LogP) is 2.68. The largest absolute Gasteiger partial charge is 0.481 e. The van der Waals surface area contributed by atoms with Gasteiger partial charge in [0.15, 0.2) is 0 Å². The smallest absolute Gasteiger partial charge is 0.313 e. The van der Waals surface area contributed by atoms with Crippen LogP contribution in [-0.4, -0.2) is 27.8 Å². The average Bonchev–Trinajstić information content (AvgIpc) is 2.83. The van der Waals surface area contributed by atoms with Crippen molar-refractivity contribution in [2.75, 3.05) is 6.61 Å². The van der Waals surface area contributed by atoms with Gasteiger partial charge < -0.3 is 9.84 Å². The molecule has 1 saturated carbocycles.